The van der Waals surface area contributed by atoms with Gasteiger partial charge in [0.25, 0.3) is 5.56 Å². The molecule has 31 heavy (non-hydrogen) atoms. The molecule has 160 valence electrons. The smallest absolute Gasteiger partial charge is 0.267 e. The lowest BCUT2D eigenvalue weighted by Crippen LogP contribution is -2.23. The zero-order chi connectivity index (χ0) is 21.6. The Morgan fingerprint density at radius 2 is 1.84 bits per heavy atom. The average molecular weight is 418 g/mol. The van der Waals surface area contributed by atoms with Gasteiger partial charge in [0.2, 0.25) is 5.91 Å². The molecule has 1 amide bonds. The summed E-state index contributed by atoms with van der Waals surface area (Å²) in [5, 5.41) is 9.96. The van der Waals surface area contributed by atoms with E-state index in [1.54, 1.807) is 7.11 Å². The fourth-order valence-electron chi connectivity index (χ4n) is 4.14. The molecule has 2 N–H and O–H groups in total. The number of rotatable bonds is 7. The number of ether oxygens (including phenoxy) is 1. The average Bonchev–Trinajstić information content (AvgIpc) is 2.80. The van der Waals surface area contributed by atoms with Crippen molar-refractivity contribution in [1.82, 2.24) is 10.2 Å². The van der Waals surface area contributed by atoms with Gasteiger partial charge in [0.05, 0.1) is 12.8 Å². The topological polar surface area (TPSA) is 84.1 Å². The third-order valence-corrected chi connectivity index (χ3v) is 5.74. The Balaban J connectivity index is 1.40. The molecule has 0 radical (unpaired) electrons. The number of aromatic amines is 1. The zero-order valence-corrected chi connectivity index (χ0v) is 17.7. The molecule has 2 aromatic carbocycles. The van der Waals surface area contributed by atoms with Crippen LogP contribution in [0.3, 0.4) is 0 Å². The highest BCUT2D eigenvalue weighted by Crippen LogP contribution is 2.23. The quantitative estimate of drug-likeness (QED) is 0.612. The minimum atomic E-state index is -0.0597. The van der Waals surface area contributed by atoms with Gasteiger partial charge >= 0.3 is 0 Å². The molecule has 6 heteroatoms. The summed E-state index contributed by atoms with van der Waals surface area (Å²) < 4.78 is 5.24. The normalized spacial score (nSPS) is 12.8. The lowest BCUT2D eigenvalue weighted by atomic mass is 9.90. The van der Waals surface area contributed by atoms with Crippen LogP contribution >= 0.6 is 0 Å². The van der Waals surface area contributed by atoms with Crippen molar-refractivity contribution in [3.63, 3.8) is 0 Å². The van der Waals surface area contributed by atoms with Gasteiger partial charge in [-0.05, 0) is 73.1 Å². The van der Waals surface area contributed by atoms with E-state index in [0.29, 0.717) is 19.3 Å². The molecule has 6 nitrogen and oxygen atoms in total. The summed E-state index contributed by atoms with van der Waals surface area (Å²) in [6.07, 6.45) is 5.55. The number of aryl methyl sites for hydroxylation is 1. The lowest BCUT2D eigenvalue weighted by Gasteiger charge is -2.17. The number of carbonyl (C=O) groups excluding carboxylic acids is 1. The molecule has 1 aliphatic carbocycles. The van der Waals surface area contributed by atoms with E-state index in [4.69, 9.17) is 4.74 Å². The highest BCUT2D eigenvalue weighted by Gasteiger charge is 2.18. The maximum atomic E-state index is 12.4. The number of benzene rings is 2. The van der Waals surface area contributed by atoms with Crippen molar-refractivity contribution in [3.8, 4) is 5.75 Å². The monoisotopic (exact) mass is 417 g/mol. The molecular weight excluding hydrogens is 390 g/mol. The Morgan fingerprint density at radius 3 is 2.68 bits per heavy atom. The minimum Gasteiger partial charge on any atom is -0.497 e. The van der Waals surface area contributed by atoms with Crippen molar-refractivity contribution in [3.05, 3.63) is 86.8 Å². The summed E-state index contributed by atoms with van der Waals surface area (Å²) >= 11 is 0. The van der Waals surface area contributed by atoms with Crippen LogP contribution in [0.15, 0.2) is 53.3 Å². The van der Waals surface area contributed by atoms with Crippen molar-refractivity contribution in [2.24, 2.45) is 0 Å². The van der Waals surface area contributed by atoms with Crippen LogP contribution in [0.25, 0.3) is 0 Å². The van der Waals surface area contributed by atoms with Crippen LogP contribution in [-0.4, -0.2) is 23.2 Å². The second kappa shape index (κ2) is 9.60. The van der Waals surface area contributed by atoms with E-state index in [9.17, 15) is 9.59 Å². The van der Waals surface area contributed by atoms with Crippen LogP contribution in [0.1, 0.15) is 47.2 Å². The molecular formula is C25H27N3O3. The van der Waals surface area contributed by atoms with E-state index in [0.717, 1.165) is 65.1 Å². The number of anilines is 1. The number of fused-ring (bicyclic) bond motifs is 1. The van der Waals surface area contributed by atoms with E-state index in [-0.39, 0.29) is 11.5 Å². The summed E-state index contributed by atoms with van der Waals surface area (Å²) in [7, 11) is 1.64. The maximum absolute atomic E-state index is 12.4. The van der Waals surface area contributed by atoms with Crippen molar-refractivity contribution in [2.75, 3.05) is 12.4 Å². The van der Waals surface area contributed by atoms with Gasteiger partial charge in [0, 0.05) is 24.1 Å². The predicted octanol–water partition coefficient (Wildman–Crippen LogP) is 3.82. The Labute approximate surface area is 181 Å². The number of amides is 1. The Kier molecular flexibility index (Phi) is 6.46. The summed E-state index contributed by atoms with van der Waals surface area (Å²) in [4.78, 5) is 24.5. The highest BCUT2D eigenvalue weighted by molar-refractivity contribution is 5.90. The van der Waals surface area contributed by atoms with Crippen LogP contribution in [-0.2, 0) is 30.5 Å². The second-order valence-corrected chi connectivity index (χ2v) is 7.94. The first-order chi connectivity index (χ1) is 15.1. The number of hydrogen-bond donors (Lipinski definition) is 2. The molecule has 1 heterocycles. The number of carbonyl (C=O) groups is 1. The first-order valence-corrected chi connectivity index (χ1v) is 10.7. The van der Waals surface area contributed by atoms with Crippen LogP contribution in [0, 0.1) is 0 Å². The summed E-state index contributed by atoms with van der Waals surface area (Å²) in [5.41, 5.74) is 5.74. The molecule has 1 aliphatic rings. The molecule has 0 spiro atoms. The van der Waals surface area contributed by atoms with Crippen LogP contribution < -0.4 is 15.6 Å². The van der Waals surface area contributed by atoms with Gasteiger partial charge in [-0.25, -0.2) is 5.10 Å². The van der Waals surface area contributed by atoms with Gasteiger partial charge in [0.15, 0.2) is 0 Å². The summed E-state index contributed by atoms with van der Waals surface area (Å²) in [6, 6.07) is 15.6. The molecule has 0 aliphatic heterocycles. The van der Waals surface area contributed by atoms with E-state index in [2.05, 4.69) is 15.5 Å². The van der Waals surface area contributed by atoms with Crippen LogP contribution in [0.5, 0.6) is 5.75 Å². The van der Waals surface area contributed by atoms with Gasteiger partial charge in [-0.1, -0.05) is 24.3 Å². The largest absolute Gasteiger partial charge is 0.497 e. The predicted molar refractivity (Wildman–Crippen MR) is 121 cm³/mol. The Morgan fingerprint density at radius 1 is 1.06 bits per heavy atom. The molecule has 1 aromatic heterocycles. The summed E-state index contributed by atoms with van der Waals surface area (Å²) in [5.74, 6) is 0.767. The molecule has 0 fully saturated rings. The first-order valence-electron chi connectivity index (χ1n) is 10.7. The first kappa shape index (κ1) is 20.8. The van der Waals surface area contributed by atoms with Crippen LogP contribution in [0.4, 0.5) is 5.69 Å². The van der Waals surface area contributed by atoms with E-state index < -0.39 is 0 Å². The van der Waals surface area contributed by atoms with Crippen molar-refractivity contribution >= 4 is 11.6 Å². The number of methoxy groups -OCH3 is 1. The number of aromatic nitrogens is 2. The van der Waals surface area contributed by atoms with Crippen molar-refractivity contribution in [2.45, 2.75) is 44.9 Å². The Hall–Kier alpha value is -3.41. The van der Waals surface area contributed by atoms with E-state index >= 15 is 0 Å². The SMILES string of the molecule is COc1cccc(CCC(=O)Nc2cccc(Cc3n[nH]c(=O)c4c3CCCC4)c2)c1. The van der Waals surface area contributed by atoms with Crippen molar-refractivity contribution in [1.29, 1.82) is 0 Å². The minimum absolute atomic E-state index is 0.0282. The number of nitrogens with zero attached hydrogens (tertiary/aromatic N) is 1. The summed E-state index contributed by atoms with van der Waals surface area (Å²) in [6.45, 7) is 0. The molecule has 0 unspecified atom stereocenters. The zero-order valence-electron chi connectivity index (χ0n) is 17.7. The second-order valence-electron chi connectivity index (χ2n) is 7.94. The number of H-pyrrole nitrogens is 1. The van der Waals surface area contributed by atoms with E-state index in [1.165, 1.54) is 0 Å². The highest BCUT2D eigenvalue weighted by atomic mass is 16.5. The fraction of sp³-hybridized carbons (Fsp3) is 0.320. The molecule has 3 aromatic rings. The van der Waals surface area contributed by atoms with E-state index in [1.807, 2.05) is 48.5 Å². The molecule has 0 saturated carbocycles. The molecule has 0 atom stereocenters. The van der Waals surface area contributed by atoms with Gasteiger partial charge in [-0.2, -0.15) is 5.10 Å². The third kappa shape index (κ3) is 5.20. The van der Waals surface area contributed by atoms with Gasteiger partial charge in [-0.3, -0.25) is 9.59 Å². The standard InChI is InChI=1S/C25H27N3O3/c1-31-20-9-5-6-17(15-20)12-13-24(29)26-19-8-4-7-18(14-19)16-23-21-10-2-3-11-22(21)25(30)28-27-23/h4-9,14-15H,2-3,10-13,16H2,1H3,(H,26,29)(H,28,30). The van der Waals surface area contributed by atoms with Gasteiger partial charge in [-0.15, -0.1) is 0 Å². The van der Waals surface area contributed by atoms with Crippen molar-refractivity contribution < 1.29 is 9.53 Å². The fourth-order valence-corrected chi connectivity index (χ4v) is 4.14. The van der Waals surface area contributed by atoms with Gasteiger partial charge < -0.3 is 10.1 Å². The number of hydrogen-bond acceptors (Lipinski definition) is 4. The molecule has 4 rings (SSSR count). The third-order valence-electron chi connectivity index (χ3n) is 5.74. The molecule has 0 saturated heterocycles. The molecule has 0 bridgehead atoms. The van der Waals surface area contributed by atoms with Crippen LogP contribution in [0.2, 0.25) is 0 Å². The maximum Gasteiger partial charge on any atom is 0.267 e. The Bertz CT molecular complexity index is 1140. The van der Waals surface area contributed by atoms with Gasteiger partial charge in [0.1, 0.15) is 5.75 Å². The number of nitrogens with one attached hydrogen (secondary N) is 2. The lowest BCUT2D eigenvalue weighted by molar-refractivity contribution is -0.116.